The van der Waals surface area contributed by atoms with Gasteiger partial charge in [-0.3, -0.25) is 9.69 Å². The van der Waals surface area contributed by atoms with Crippen molar-refractivity contribution in [1.29, 1.82) is 0 Å². The second kappa shape index (κ2) is 5.77. The van der Waals surface area contributed by atoms with Crippen molar-refractivity contribution >= 4 is 11.7 Å². The number of nitrogens with one attached hydrogen (secondary N) is 1. The SMILES string of the molecule is NC(=O)CN1CCC(Nc2ccc(F)cn2)CC1. The van der Waals surface area contributed by atoms with Gasteiger partial charge in [0.05, 0.1) is 12.7 Å². The van der Waals surface area contributed by atoms with Crippen LogP contribution in [0, 0.1) is 5.82 Å². The van der Waals surface area contributed by atoms with Crippen molar-refractivity contribution in [3.05, 3.63) is 24.1 Å². The van der Waals surface area contributed by atoms with E-state index in [0.717, 1.165) is 25.9 Å². The lowest BCUT2D eigenvalue weighted by Gasteiger charge is -2.31. The van der Waals surface area contributed by atoms with E-state index in [9.17, 15) is 9.18 Å². The summed E-state index contributed by atoms with van der Waals surface area (Å²) in [7, 11) is 0. The third-order valence-electron chi connectivity index (χ3n) is 3.05. The lowest BCUT2D eigenvalue weighted by Crippen LogP contribution is -2.43. The van der Waals surface area contributed by atoms with E-state index < -0.39 is 0 Å². The molecule has 1 aliphatic heterocycles. The number of amides is 1. The summed E-state index contributed by atoms with van der Waals surface area (Å²) >= 11 is 0. The van der Waals surface area contributed by atoms with Crippen LogP contribution in [0.1, 0.15) is 12.8 Å². The maximum atomic E-state index is 12.7. The van der Waals surface area contributed by atoms with Gasteiger partial charge in [-0.1, -0.05) is 0 Å². The van der Waals surface area contributed by atoms with E-state index in [2.05, 4.69) is 10.3 Å². The molecule has 1 amide bonds. The Morgan fingerprint density at radius 3 is 2.78 bits per heavy atom. The molecule has 5 nitrogen and oxygen atoms in total. The van der Waals surface area contributed by atoms with Gasteiger partial charge < -0.3 is 11.1 Å². The fourth-order valence-corrected chi connectivity index (χ4v) is 2.13. The molecule has 0 aliphatic carbocycles. The summed E-state index contributed by atoms with van der Waals surface area (Å²) < 4.78 is 12.7. The highest BCUT2D eigenvalue weighted by atomic mass is 19.1. The quantitative estimate of drug-likeness (QED) is 0.822. The van der Waals surface area contributed by atoms with Crippen molar-refractivity contribution < 1.29 is 9.18 Å². The average molecular weight is 252 g/mol. The minimum atomic E-state index is -0.336. The van der Waals surface area contributed by atoms with Gasteiger partial charge in [0, 0.05) is 19.1 Å². The van der Waals surface area contributed by atoms with E-state index >= 15 is 0 Å². The van der Waals surface area contributed by atoms with Crippen LogP contribution < -0.4 is 11.1 Å². The molecule has 0 spiro atoms. The molecule has 0 radical (unpaired) electrons. The first kappa shape index (κ1) is 12.8. The Morgan fingerprint density at radius 2 is 2.22 bits per heavy atom. The first-order valence-corrected chi connectivity index (χ1v) is 6.02. The second-order valence-corrected chi connectivity index (χ2v) is 4.52. The molecule has 98 valence electrons. The summed E-state index contributed by atoms with van der Waals surface area (Å²) in [6.45, 7) is 1.99. The van der Waals surface area contributed by atoms with Gasteiger partial charge >= 0.3 is 0 Å². The number of primary amides is 1. The summed E-state index contributed by atoms with van der Waals surface area (Å²) in [5, 5.41) is 3.26. The Labute approximate surface area is 105 Å². The number of nitrogens with two attached hydrogens (primary N) is 1. The van der Waals surface area contributed by atoms with E-state index in [-0.39, 0.29) is 11.7 Å². The molecule has 0 atom stereocenters. The maximum absolute atomic E-state index is 12.7. The van der Waals surface area contributed by atoms with Crippen LogP contribution in [0.5, 0.6) is 0 Å². The minimum Gasteiger partial charge on any atom is -0.369 e. The molecular weight excluding hydrogens is 235 g/mol. The minimum absolute atomic E-state index is 0.290. The average Bonchev–Trinajstić information content (AvgIpc) is 2.34. The Bertz CT molecular complexity index is 401. The van der Waals surface area contributed by atoms with Crippen LogP contribution >= 0.6 is 0 Å². The number of anilines is 1. The van der Waals surface area contributed by atoms with Gasteiger partial charge in [-0.05, 0) is 25.0 Å². The van der Waals surface area contributed by atoms with E-state index in [1.807, 2.05) is 4.90 Å². The van der Waals surface area contributed by atoms with Gasteiger partial charge in [-0.25, -0.2) is 9.37 Å². The molecule has 1 aliphatic rings. The Balaban J connectivity index is 1.79. The summed E-state index contributed by atoms with van der Waals surface area (Å²) in [6, 6.07) is 3.33. The Morgan fingerprint density at radius 1 is 1.50 bits per heavy atom. The number of halogens is 1. The molecule has 2 heterocycles. The third kappa shape index (κ3) is 3.66. The van der Waals surface area contributed by atoms with E-state index in [0.29, 0.717) is 18.4 Å². The number of hydrogen-bond acceptors (Lipinski definition) is 4. The molecule has 3 N–H and O–H groups in total. The standard InChI is InChI=1S/C12H17FN4O/c13-9-1-2-12(15-7-9)16-10-3-5-17(6-4-10)8-11(14)18/h1-2,7,10H,3-6,8H2,(H2,14,18)(H,15,16). The van der Waals surface area contributed by atoms with Crippen molar-refractivity contribution in [3.63, 3.8) is 0 Å². The van der Waals surface area contributed by atoms with Crippen LogP contribution in [0.2, 0.25) is 0 Å². The van der Waals surface area contributed by atoms with Gasteiger partial charge in [0.2, 0.25) is 5.91 Å². The highest BCUT2D eigenvalue weighted by Crippen LogP contribution is 2.14. The normalized spacial score (nSPS) is 17.6. The zero-order valence-electron chi connectivity index (χ0n) is 10.1. The zero-order valence-corrected chi connectivity index (χ0v) is 10.1. The van der Waals surface area contributed by atoms with Gasteiger partial charge in [0.1, 0.15) is 11.6 Å². The monoisotopic (exact) mass is 252 g/mol. The van der Waals surface area contributed by atoms with Gasteiger partial charge in [-0.2, -0.15) is 0 Å². The van der Waals surface area contributed by atoms with Crippen LogP contribution in [-0.4, -0.2) is 41.5 Å². The van der Waals surface area contributed by atoms with Gasteiger partial charge in [0.15, 0.2) is 0 Å². The molecule has 1 saturated heterocycles. The van der Waals surface area contributed by atoms with Gasteiger partial charge in [-0.15, -0.1) is 0 Å². The van der Waals surface area contributed by atoms with Crippen molar-refractivity contribution in [3.8, 4) is 0 Å². The highest BCUT2D eigenvalue weighted by molar-refractivity contribution is 5.75. The molecule has 0 unspecified atom stereocenters. The molecule has 0 aromatic carbocycles. The lowest BCUT2D eigenvalue weighted by atomic mass is 10.1. The van der Waals surface area contributed by atoms with E-state index in [1.54, 1.807) is 6.07 Å². The van der Waals surface area contributed by atoms with Crippen LogP contribution in [0.15, 0.2) is 18.3 Å². The zero-order chi connectivity index (χ0) is 13.0. The topological polar surface area (TPSA) is 71.2 Å². The van der Waals surface area contributed by atoms with Crippen molar-refractivity contribution in [2.24, 2.45) is 5.73 Å². The highest BCUT2D eigenvalue weighted by Gasteiger charge is 2.20. The number of carbonyl (C=O) groups excluding carboxylic acids is 1. The molecule has 2 rings (SSSR count). The number of carbonyl (C=O) groups is 1. The number of piperidine rings is 1. The third-order valence-corrected chi connectivity index (χ3v) is 3.05. The van der Waals surface area contributed by atoms with Crippen LogP contribution in [0.4, 0.5) is 10.2 Å². The van der Waals surface area contributed by atoms with Crippen molar-refractivity contribution in [1.82, 2.24) is 9.88 Å². The predicted molar refractivity (Wildman–Crippen MR) is 66.5 cm³/mol. The van der Waals surface area contributed by atoms with Gasteiger partial charge in [0.25, 0.3) is 0 Å². The van der Waals surface area contributed by atoms with Crippen molar-refractivity contribution in [2.75, 3.05) is 25.0 Å². The molecule has 1 fully saturated rings. The molecule has 0 saturated carbocycles. The summed E-state index contributed by atoms with van der Waals surface area (Å²) in [6.07, 6.45) is 3.04. The molecule has 1 aromatic heterocycles. The van der Waals surface area contributed by atoms with Crippen LogP contribution in [0.3, 0.4) is 0 Å². The Kier molecular flexibility index (Phi) is 4.09. The largest absolute Gasteiger partial charge is 0.369 e. The lowest BCUT2D eigenvalue weighted by molar-refractivity contribution is -0.119. The van der Waals surface area contributed by atoms with Crippen molar-refractivity contribution in [2.45, 2.75) is 18.9 Å². The molecule has 1 aromatic rings. The molecule has 6 heteroatoms. The number of nitrogens with zero attached hydrogens (tertiary/aromatic N) is 2. The summed E-state index contributed by atoms with van der Waals surface area (Å²) in [4.78, 5) is 16.8. The number of rotatable bonds is 4. The number of hydrogen-bond donors (Lipinski definition) is 2. The summed E-state index contributed by atoms with van der Waals surface area (Å²) in [5.41, 5.74) is 5.15. The number of likely N-dealkylation sites (tertiary alicyclic amines) is 1. The first-order valence-electron chi connectivity index (χ1n) is 6.02. The van der Waals surface area contributed by atoms with E-state index in [1.165, 1.54) is 12.3 Å². The predicted octanol–water partition coefficient (Wildman–Crippen LogP) is 0.582. The van der Waals surface area contributed by atoms with Crippen LogP contribution in [-0.2, 0) is 4.79 Å². The summed E-state index contributed by atoms with van der Waals surface area (Å²) in [5.74, 6) is 0.0585. The smallest absolute Gasteiger partial charge is 0.231 e. The fraction of sp³-hybridized carbons (Fsp3) is 0.500. The molecule has 18 heavy (non-hydrogen) atoms. The first-order chi connectivity index (χ1) is 8.63. The maximum Gasteiger partial charge on any atom is 0.231 e. The van der Waals surface area contributed by atoms with Crippen LogP contribution in [0.25, 0.3) is 0 Å². The van der Waals surface area contributed by atoms with E-state index in [4.69, 9.17) is 5.73 Å². The second-order valence-electron chi connectivity index (χ2n) is 4.52. The Hall–Kier alpha value is -1.69. The molecule has 0 bridgehead atoms. The fourth-order valence-electron chi connectivity index (χ4n) is 2.13. The molecular formula is C12H17FN4O. The number of pyridine rings is 1. The number of aromatic nitrogens is 1.